The third-order valence-corrected chi connectivity index (χ3v) is 8.89. The van der Waals surface area contributed by atoms with Crippen LogP contribution in [-0.4, -0.2) is 9.13 Å². The molecule has 45 heavy (non-hydrogen) atoms. The molecule has 0 aliphatic carbocycles. The minimum Gasteiger partial charge on any atom is -0.317 e. The fourth-order valence-electron chi connectivity index (χ4n) is 6.85. The maximum absolute atomic E-state index is 2.42. The number of rotatable bonds is 5. The van der Waals surface area contributed by atoms with Crippen LogP contribution in [0.15, 0.2) is 176 Å². The third kappa shape index (κ3) is 4.13. The first-order chi connectivity index (χ1) is 22.3. The van der Waals surface area contributed by atoms with Gasteiger partial charge in [-0.05, 0) is 90.3 Å². The topological polar surface area (TPSA) is 13.1 Å². The van der Waals surface area contributed by atoms with Crippen molar-refractivity contribution in [1.82, 2.24) is 9.13 Å². The van der Waals surface area contributed by atoms with Gasteiger partial charge in [0, 0.05) is 56.2 Å². The van der Waals surface area contributed by atoms with Gasteiger partial charge in [0.1, 0.15) is 0 Å². The molecule has 0 radical (unpaired) electrons. The molecule has 0 aliphatic heterocycles. The zero-order chi connectivity index (χ0) is 29.7. The van der Waals surface area contributed by atoms with Crippen LogP contribution in [0.1, 0.15) is 0 Å². The van der Waals surface area contributed by atoms with Crippen molar-refractivity contribution in [3.05, 3.63) is 176 Å². The Bertz CT molecular complexity index is 2420. The molecule has 7 aromatic carbocycles. The van der Waals surface area contributed by atoms with Crippen LogP contribution in [0.5, 0.6) is 0 Å². The highest BCUT2D eigenvalue weighted by Crippen LogP contribution is 2.39. The molecule has 0 amide bonds. The van der Waals surface area contributed by atoms with Crippen molar-refractivity contribution in [2.45, 2.75) is 0 Å². The molecule has 3 heteroatoms. The van der Waals surface area contributed by atoms with Crippen molar-refractivity contribution in [2.75, 3.05) is 4.90 Å². The van der Waals surface area contributed by atoms with Gasteiger partial charge in [-0.2, -0.15) is 0 Å². The third-order valence-electron chi connectivity index (χ3n) is 8.89. The maximum atomic E-state index is 2.42. The van der Waals surface area contributed by atoms with Gasteiger partial charge in [-0.1, -0.05) is 84.9 Å². The summed E-state index contributed by atoms with van der Waals surface area (Å²) < 4.78 is 4.71. The van der Waals surface area contributed by atoms with Gasteiger partial charge in [0.05, 0.1) is 16.6 Å². The van der Waals surface area contributed by atoms with Crippen molar-refractivity contribution >= 4 is 60.5 Å². The first kappa shape index (κ1) is 25.4. The normalized spacial score (nSPS) is 11.6. The molecule has 212 valence electrons. The summed E-state index contributed by atoms with van der Waals surface area (Å²) in [4.78, 5) is 2.29. The van der Waals surface area contributed by atoms with E-state index in [-0.39, 0.29) is 0 Å². The summed E-state index contributed by atoms with van der Waals surface area (Å²) in [5.74, 6) is 0. The molecule has 0 unspecified atom stereocenters. The Hall–Kier alpha value is -6.06. The van der Waals surface area contributed by atoms with E-state index in [0.717, 1.165) is 22.7 Å². The number of fused-ring (bicyclic) bond motifs is 6. The predicted octanol–water partition coefficient (Wildman–Crippen LogP) is 11.4. The van der Waals surface area contributed by atoms with Crippen molar-refractivity contribution in [2.24, 2.45) is 0 Å². The second-order valence-corrected chi connectivity index (χ2v) is 11.5. The Morgan fingerprint density at radius 3 is 1.71 bits per heavy atom. The van der Waals surface area contributed by atoms with Crippen LogP contribution < -0.4 is 4.90 Å². The van der Waals surface area contributed by atoms with Gasteiger partial charge in [0.25, 0.3) is 0 Å². The number of para-hydroxylation sites is 4. The summed E-state index contributed by atoms with van der Waals surface area (Å²) in [7, 11) is 0. The highest BCUT2D eigenvalue weighted by molar-refractivity contribution is 6.20. The average Bonchev–Trinajstić information content (AvgIpc) is 3.68. The molecule has 3 nitrogen and oxygen atoms in total. The van der Waals surface area contributed by atoms with E-state index in [1.54, 1.807) is 0 Å². The maximum Gasteiger partial charge on any atom is 0.0619 e. The van der Waals surface area contributed by atoms with E-state index in [0.29, 0.717) is 0 Å². The summed E-state index contributed by atoms with van der Waals surface area (Å²) in [6.07, 6.45) is 2.19. The fourth-order valence-corrected chi connectivity index (χ4v) is 6.85. The van der Waals surface area contributed by atoms with Crippen LogP contribution in [0.2, 0.25) is 0 Å². The first-order valence-corrected chi connectivity index (χ1v) is 15.4. The lowest BCUT2D eigenvalue weighted by Gasteiger charge is -2.25. The van der Waals surface area contributed by atoms with Gasteiger partial charge in [-0.15, -0.1) is 0 Å². The molecule has 0 saturated heterocycles. The van der Waals surface area contributed by atoms with Gasteiger partial charge in [0.15, 0.2) is 0 Å². The van der Waals surface area contributed by atoms with Crippen molar-refractivity contribution in [1.29, 1.82) is 0 Å². The SMILES string of the molecule is c1ccc(N(c2ccccc2)c2ccc(-n3ccc4cc5c(ccc6c7ccccc7n(-c7ccccc7)c56)cc43)cc2)cc1. The number of anilines is 3. The van der Waals surface area contributed by atoms with Crippen molar-refractivity contribution < 1.29 is 0 Å². The average molecular weight is 576 g/mol. The molecule has 0 atom stereocenters. The highest BCUT2D eigenvalue weighted by Gasteiger charge is 2.17. The fraction of sp³-hybridized carbons (Fsp3) is 0. The van der Waals surface area contributed by atoms with Gasteiger partial charge in [-0.3, -0.25) is 0 Å². The molecular formula is C42H29N3. The van der Waals surface area contributed by atoms with E-state index in [2.05, 4.69) is 190 Å². The zero-order valence-electron chi connectivity index (χ0n) is 24.6. The standard InChI is InChI=1S/C42H29N3/c1-4-12-33(13-5-1)44(34-14-6-2-7-15-34)36-23-21-32(22-24-36)43-27-26-31-28-39-30(29-41(31)43)20-25-38-37-18-10-11-19-40(37)45(42(38)39)35-16-8-3-9-17-35/h1-29H. The Balaban J connectivity index is 1.18. The van der Waals surface area contributed by atoms with E-state index in [1.807, 2.05) is 0 Å². The van der Waals surface area contributed by atoms with Crippen LogP contribution in [0, 0.1) is 0 Å². The summed E-state index contributed by atoms with van der Waals surface area (Å²) in [6, 6.07) is 60.8. The second kappa shape index (κ2) is 10.3. The lowest BCUT2D eigenvalue weighted by atomic mass is 10.0. The van der Waals surface area contributed by atoms with Gasteiger partial charge < -0.3 is 14.0 Å². The summed E-state index contributed by atoms with van der Waals surface area (Å²) >= 11 is 0. The second-order valence-electron chi connectivity index (χ2n) is 11.5. The molecular weight excluding hydrogens is 546 g/mol. The Morgan fingerprint density at radius 1 is 0.378 bits per heavy atom. The molecule has 0 aliphatic rings. The Morgan fingerprint density at radius 2 is 1.00 bits per heavy atom. The van der Waals surface area contributed by atoms with E-state index in [4.69, 9.17) is 0 Å². The molecule has 9 aromatic rings. The largest absolute Gasteiger partial charge is 0.317 e. The summed E-state index contributed by atoms with van der Waals surface area (Å²) in [5, 5.41) is 6.26. The minimum absolute atomic E-state index is 1.12. The summed E-state index contributed by atoms with van der Waals surface area (Å²) in [6.45, 7) is 0. The van der Waals surface area contributed by atoms with Gasteiger partial charge >= 0.3 is 0 Å². The van der Waals surface area contributed by atoms with Crippen LogP contribution >= 0.6 is 0 Å². The van der Waals surface area contributed by atoms with Crippen molar-refractivity contribution in [3.8, 4) is 11.4 Å². The van der Waals surface area contributed by atoms with Crippen LogP contribution in [0.4, 0.5) is 17.1 Å². The van der Waals surface area contributed by atoms with Crippen LogP contribution in [0.25, 0.3) is 54.9 Å². The number of aromatic nitrogens is 2. The molecule has 0 spiro atoms. The quantitative estimate of drug-likeness (QED) is 0.199. The van der Waals surface area contributed by atoms with Gasteiger partial charge in [-0.25, -0.2) is 0 Å². The van der Waals surface area contributed by atoms with E-state index >= 15 is 0 Å². The van der Waals surface area contributed by atoms with Crippen LogP contribution in [0.3, 0.4) is 0 Å². The molecule has 9 rings (SSSR count). The van der Waals surface area contributed by atoms with E-state index < -0.39 is 0 Å². The molecule has 2 aromatic heterocycles. The number of benzene rings is 7. The van der Waals surface area contributed by atoms with E-state index in [9.17, 15) is 0 Å². The molecule has 0 N–H and O–H groups in total. The summed E-state index contributed by atoms with van der Waals surface area (Å²) in [5.41, 5.74) is 9.36. The first-order valence-electron chi connectivity index (χ1n) is 15.4. The molecule has 0 fully saturated rings. The monoisotopic (exact) mass is 575 g/mol. The van der Waals surface area contributed by atoms with Crippen LogP contribution in [-0.2, 0) is 0 Å². The zero-order valence-corrected chi connectivity index (χ0v) is 24.6. The van der Waals surface area contributed by atoms with Crippen molar-refractivity contribution in [3.63, 3.8) is 0 Å². The number of hydrogen-bond donors (Lipinski definition) is 0. The predicted molar refractivity (Wildman–Crippen MR) is 190 cm³/mol. The van der Waals surface area contributed by atoms with Gasteiger partial charge in [0.2, 0.25) is 0 Å². The molecule has 0 bridgehead atoms. The minimum atomic E-state index is 1.12. The smallest absolute Gasteiger partial charge is 0.0619 e. The number of nitrogens with zero attached hydrogens (tertiary/aromatic N) is 3. The highest BCUT2D eigenvalue weighted by atomic mass is 15.1. The molecule has 0 saturated carbocycles. The lowest BCUT2D eigenvalue weighted by Crippen LogP contribution is -2.09. The molecule has 2 heterocycles. The number of hydrogen-bond acceptors (Lipinski definition) is 1. The van der Waals surface area contributed by atoms with E-state index in [1.165, 1.54) is 49.2 Å². The Kier molecular flexibility index (Phi) is 5.82. The lowest BCUT2D eigenvalue weighted by molar-refractivity contribution is 1.13. The Labute approximate surface area is 261 Å².